The van der Waals surface area contributed by atoms with Gasteiger partial charge in [-0.15, -0.1) is 0 Å². The van der Waals surface area contributed by atoms with Gasteiger partial charge in [-0.05, 0) is 32.9 Å². The maximum absolute atomic E-state index is 12.1. The zero-order chi connectivity index (χ0) is 15.8. The molecule has 1 unspecified atom stereocenters. The van der Waals surface area contributed by atoms with Crippen molar-refractivity contribution in [2.24, 2.45) is 0 Å². The molecule has 0 radical (unpaired) electrons. The summed E-state index contributed by atoms with van der Waals surface area (Å²) in [6.07, 6.45) is -5.42. The zero-order valence-corrected chi connectivity index (χ0v) is 12.4. The van der Waals surface area contributed by atoms with E-state index in [2.05, 4.69) is 10.2 Å². The Morgan fingerprint density at radius 2 is 1.75 bits per heavy atom. The number of carbonyl (C=O) groups is 1. The zero-order valence-electron chi connectivity index (χ0n) is 12.4. The summed E-state index contributed by atoms with van der Waals surface area (Å²) in [5.74, 6) is -1.11. The van der Waals surface area contributed by atoms with E-state index in [1.165, 1.54) is 6.92 Å². The summed E-state index contributed by atoms with van der Waals surface area (Å²) in [4.78, 5) is 13.4. The maximum atomic E-state index is 12.1. The highest BCUT2D eigenvalue weighted by Gasteiger charge is 2.34. The highest BCUT2D eigenvalue weighted by Crippen LogP contribution is 2.25. The Labute approximate surface area is 118 Å². The van der Waals surface area contributed by atoms with E-state index in [0.29, 0.717) is 13.1 Å². The Kier molecular flexibility index (Phi) is 8.12. The molecule has 0 aliphatic rings. The first-order valence-corrected chi connectivity index (χ1v) is 6.92. The third-order valence-electron chi connectivity index (χ3n) is 3.45. The Morgan fingerprint density at radius 1 is 1.20 bits per heavy atom. The van der Waals surface area contributed by atoms with Gasteiger partial charge in [0.15, 0.2) is 0 Å². The normalized spacial score (nSPS) is 15.3. The van der Waals surface area contributed by atoms with Crippen LogP contribution in [-0.4, -0.2) is 53.9 Å². The van der Waals surface area contributed by atoms with Crippen molar-refractivity contribution in [3.63, 3.8) is 0 Å². The van der Waals surface area contributed by atoms with E-state index >= 15 is 0 Å². The fraction of sp³-hybridized carbons (Fsp3) is 0.923. The summed E-state index contributed by atoms with van der Waals surface area (Å²) in [5.41, 5.74) is -1.31. The number of aliphatic carboxylic acids is 1. The number of alkyl halides is 3. The van der Waals surface area contributed by atoms with Crippen LogP contribution < -0.4 is 5.32 Å². The Hall–Kier alpha value is -0.820. The quantitative estimate of drug-likeness (QED) is 0.650. The van der Waals surface area contributed by atoms with Crippen molar-refractivity contribution in [2.75, 3.05) is 26.2 Å². The van der Waals surface area contributed by atoms with Gasteiger partial charge < -0.3 is 15.3 Å². The third-order valence-corrected chi connectivity index (χ3v) is 3.45. The van der Waals surface area contributed by atoms with Crippen molar-refractivity contribution < 1.29 is 23.1 Å². The van der Waals surface area contributed by atoms with Crippen LogP contribution in [0.3, 0.4) is 0 Å². The molecule has 0 fully saturated rings. The minimum Gasteiger partial charge on any atom is -0.480 e. The van der Waals surface area contributed by atoms with Crippen LogP contribution in [0.1, 0.15) is 40.0 Å². The lowest BCUT2D eigenvalue weighted by molar-refractivity contribution is -0.147. The van der Waals surface area contributed by atoms with Gasteiger partial charge >= 0.3 is 12.1 Å². The second kappa shape index (κ2) is 8.46. The Balaban J connectivity index is 4.28. The topological polar surface area (TPSA) is 52.6 Å². The fourth-order valence-electron chi connectivity index (χ4n) is 1.94. The molecule has 0 aliphatic heterocycles. The molecule has 0 heterocycles. The molecule has 0 aromatic heterocycles. The van der Waals surface area contributed by atoms with Gasteiger partial charge in [0.1, 0.15) is 5.54 Å². The van der Waals surface area contributed by atoms with E-state index in [9.17, 15) is 23.1 Å². The maximum Gasteiger partial charge on any atom is 0.389 e. The van der Waals surface area contributed by atoms with E-state index < -0.39 is 24.1 Å². The van der Waals surface area contributed by atoms with Crippen LogP contribution in [0, 0.1) is 0 Å². The molecule has 0 saturated heterocycles. The van der Waals surface area contributed by atoms with Gasteiger partial charge in [0.2, 0.25) is 0 Å². The highest BCUT2D eigenvalue weighted by atomic mass is 19.4. The average molecular weight is 298 g/mol. The van der Waals surface area contributed by atoms with Crippen molar-refractivity contribution in [3.8, 4) is 0 Å². The number of halogens is 3. The lowest BCUT2D eigenvalue weighted by Gasteiger charge is -2.28. The number of nitrogens with zero attached hydrogens (tertiary/aromatic N) is 1. The number of nitrogens with one attached hydrogen (secondary N) is 1. The van der Waals surface area contributed by atoms with Crippen LogP contribution in [0.15, 0.2) is 0 Å². The molecule has 0 spiro atoms. The molecule has 0 bridgehead atoms. The van der Waals surface area contributed by atoms with Crippen LogP contribution >= 0.6 is 0 Å². The molecule has 20 heavy (non-hydrogen) atoms. The van der Waals surface area contributed by atoms with Crippen LogP contribution in [-0.2, 0) is 4.79 Å². The monoisotopic (exact) mass is 298 g/mol. The minimum atomic E-state index is -4.24. The molecule has 7 heteroatoms. The largest absolute Gasteiger partial charge is 0.480 e. The molecule has 120 valence electrons. The summed E-state index contributed by atoms with van der Waals surface area (Å²) in [6, 6.07) is 0. The molecule has 0 rings (SSSR count). The molecular weight excluding hydrogens is 273 g/mol. The first-order valence-electron chi connectivity index (χ1n) is 6.92. The van der Waals surface area contributed by atoms with E-state index in [-0.39, 0.29) is 12.8 Å². The number of hydrogen-bond donors (Lipinski definition) is 2. The number of hydrogen-bond acceptors (Lipinski definition) is 3. The summed E-state index contributed by atoms with van der Waals surface area (Å²) in [7, 11) is 0. The van der Waals surface area contributed by atoms with Crippen molar-refractivity contribution >= 4 is 5.97 Å². The lowest BCUT2D eigenvalue weighted by atomic mass is 9.94. The summed E-state index contributed by atoms with van der Waals surface area (Å²) in [6.45, 7) is 8.28. The van der Waals surface area contributed by atoms with Gasteiger partial charge in [0.25, 0.3) is 0 Å². The second-order valence-electron chi connectivity index (χ2n) is 5.06. The average Bonchev–Trinajstić information content (AvgIpc) is 2.33. The van der Waals surface area contributed by atoms with E-state index in [0.717, 1.165) is 13.1 Å². The smallest absolute Gasteiger partial charge is 0.389 e. The second-order valence-corrected chi connectivity index (χ2v) is 5.06. The summed E-state index contributed by atoms with van der Waals surface area (Å²) >= 11 is 0. The molecular formula is C13H25F3N2O2. The van der Waals surface area contributed by atoms with Crippen LogP contribution in [0.25, 0.3) is 0 Å². The van der Waals surface area contributed by atoms with Crippen LogP contribution in [0.4, 0.5) is 13.2 Å². The predicted molar refractivity (Wildman–Crippen MR) is 71.7 cm³/mol. The van der Waals surface area contributed by atoms with Gasteiger partial charge in [-0.2, -0.15) is 13.2 Å². The van der Waals surface area contributed by atoms with Gasteiger partial charge in [0, 0.05) is 19.5 Å². The SMILES string of the molecule is CCN(CC)CCNC(C)(CCCC(F)(F)F)C(=O)O. The van der Waals surface area contributed by atoms with Crippen molar-refractivity contribution in [2.45, 2.75) is 51.7 Å². The van der Waals surface area contributed by atoms with Crippen molar-refractivity contribution in [3.05, 3.63) is 0 Å². The number of rotatable bonds is 10. The molecule has 0 saturated carbocycles. The van der Waals surface area contributed by atoms with Crippen LogP contribution in [0.2, 0.25) is 0 Å². The minimum absolute atomic E-state index is 0.0416. The molecule has 4 nitrogen and oxygen atoms in total. The van der Waals surface area contributed by atoms with E-state index in [4.69, 9.17) is 0 Å². The molecule has 2 N–H and O–H groups in total. The molecule has 0 aromatic carbocycles. The Morgan fingerprint density at radius 3 is 2.15 bits per heavy atom. The van der Waals surface area contributed by atoms with E-state index in [1.807, 2.05) is 13.8 Å². The summed E-state index contributed by atoms with van der Waals surface area (Å²) in [5, 5.41) is 12.1. The molecule has 0 aromatic rings. The van der Waals surface area contributed by atoms with E-state index in [1.54, 1.807) is 0 Å². The Bertz CT molecular complexity index is 294. The van der Waals surface area contributed by atoms with Gasteiger partial charge in [-0.3, -0.25) is 4.79 Å². The number of likely N-dealkylation sites (N-methyl/N-ethyl adjacent to an activating group) is 1. The molecule has 0 amide bonds. The van der Waals surface area contributed by atoms with Gasteiger partial charge in [0.05, 0.1) is 0 Å². The predicted octanol–water partition coefficient (Wildman–Crippen LogP) is 2.49. The van der Waals surface area contributed by atoms with Gasteiger partial charge in [-0.25, -0.2) is 0 Å². The van der Waals surface area contributed by atoms with Crippen molar-refractivity contribution in [1.29, 1.82) is 0 Å². The molecule has 0 aliphatic carbocycles. The fourth-order valence-corrected chi connectivity index (χ4v) is 1.94. The standard InChI is InChI=1S/C13H25F3N2O2/c1-4-18(5-2)10-9-17-12(3,11(19)20)7-6-8-13(14,15)16/h17H,4-10H2,1-3H3,(H,19,20). The lowest BCUT2D eigenvalue weighted by Crippen LogP contribution is -2.51. The van der Waals surface area contributed by atoms with Gasteiger partial charge in [-0.1, -0.05) is 13.8 Å². The molecule has 1 atom stereocenters. The first kappa shape index (κ1) is 19.2. The summed E-state index contributed by atoms with van der Waals surface area (Å²) < 4.78 is 36.3. The number of carboxylic acid groups (broad SMARTS) is 1. The third kappa shape index (κ3) is 7.69. The first-order chi connectivity index (χ1) is 9.14. The number of carboxylic acids is 1. The highest BCUT2D eigenvalue weighted by molar-refractivity contribution is 5.78. The van der Waals surface area contributed by atoms with Crippen LogP contribution in [0.5, 0.6) is 0 Å². The van der Waals surface area contributed by atoms with Crippen molar-refractivity contribution in [1.82, 2.24) is 10.2 Å².